The molecule has 3 atom stereocenters. The van der Waals surface area contributed by atoms with Gasteiger partial charge in [-0.1, -0.05) is 19.9 Å². The van der Waals surface area contributed by atoms with Gasteiger partial charge in [-0.15, -0.1) is 0 Å². The molecule has 5 heteroatoms. The van der Waals surface area contributed by atoms with Crippen LogP contribution >= 0.6 is 0 Å². The topological polar surface area (TPSA) is 63.2 Å². The number of carbonyl (C=O) groups is 1. The lowest BCUT2D eigenvalue weighted by Gasteiger charge is -2.16. The molecule has 2 N–H and O–H groups in total. The standard InChI is InChI=1S/C14H21N3O2/c1-9(2)12-8-13(17-16-12)14(18)19-10(3)11-6-4-5-7-15-11/h4-7,9-10,12-13,16-17H,8H2,1-3H3. The Hall–Kier alpha value is -1.46. The normalized spacial score (nSPS) is 24.4. The fraction of sp³-hybridized carbons (Fsp3) is 0.571. The number of esters is 1. The van der Waals surface area contributed by atoms with Crippen LogP contribution in [0.25, 0.3) is 0 Å². The minimum Gasteiger partial charge on any atom is -0.455 e. The lowest BCUT2D eigenvalue weighted by molar-refractivity contribution is -0.151. The second-order valence-electron chi connectivity index (χ2n) is 5.26. The molecule has 0 aliphatic carbocycles. The molecule has 1 aromatic heterocycles. The first-order chi connectivity index (χ1) is 9.08. The van der Waals surface area contributed by atoms with Gasteiger partial charge < -0.3 is 4.74 Å². The first-order valence-electron chi connectivity index (χ1n) is 6.70. The number of hydrazine groups is 1. The van der Waals surface area contributed by atoms with Crippen LogP contribution in [0.15, 0.2) is 24.4 Å². The highest BCUT2D eigenvalue weighted by atomic mass is 16.5. The van der Waals surface area contributed by atoms with E-state index < -0.39 is 0 Å². The fourth-order valence-corrected chi connectivity index (χ4v) is 2.11. The second kappa shape index (κ2) is 6.12. The maximum atomic E-state index is 12.0. The summed E-state index contributed by atoms with van der Waals surface area (Å²) < 4.78 is 5.44. The summed E-state index contributed by atoms with van der Waals surface area (Å²) in [5.41, 5.74) is 6.90. The Kier molecular flexibility index (Phi) is 4.50. The first-order valence-corrected chi connectivity index (χ1v) is 6.70. The maximum Gasteiger partial charge on any atom is 0.325 e. The lowest BCUT2D eigenvalue weighted by atomic mass is 10.00. The average Bonchev–Trinajstić information content (AvgIpc) is 2.89. The number of rotatable bonds is 4. The van der Waals surface area contributed by atoms with E-state index in [9.17, 15) is 4.79 Å². The summed E-state index contributed by atoms with van der Waals surface area (Å²) in [6.07, 6.45) is 2.13. The number of nitrogens with zero attached hydrogens (tertiary/aromatic N) is 1. The zero-order chi connectivity index (χ0) is 13.8. The van der Waals surface area contributed by atoms with Gasteiger partial charge >= 0.3 is 5.97 Å². The Labute approximate surface area is 113 Å². The summed E-state index contributed by atoms with van der Waals surface area (Å²) in [6.45, 7) is 6.09. The highest BCUT2D eigenvalue weighted by Gasteiger charge is 2.32. The van der Waals surface area contributed by atoms with Crippen LogP contribution in [0.4, 0.5) is 0 Å². The second-order valence-corrected chi connectivity index (χ2v) is 5.26. The highest BCUT2D eigenvalue weighted by molar-refractivity contribution is 5.76. The summed E-state index contributed by atoms with van der Waals surface area (Å²) in [7, 11) is 0. The number of hydrogen-bond acceptors (Lipinski definition) is 5. The van der Waals surface area contributed by atoms with Crippen molar-refractivity contribution in [1.29, 1.82) is 0 Å². The van der Waals surface area contributed by atoms with Crippen molar-refractivity contribution in [2.75, 3.05) is 0 Å². The van der Waals surface area contributed by atoms with Gasteiger partial charge in [0.2, 0.25) is 0 Å². The lowest BCUT2D eigenvalue weighted by Crippen LogP contribution is -2.39. The van der Waals surface area contributed by atoms with E-state index in [1.54, 1.807) is 6.20 Å². The van der Waals surface area contributed by atoms with Crippen LogP contribution in [0.5, 0.6) is 0 Å². The zero-order valence-corrected chi connectivity index (χ0v) is 11.6. The molecule has 0 spiro atoms. The Morgan fingerprint density at radius 1 is 1.37 bits per heavy atom. The van der Waals surface area contributed by atoms with E-state index in [-0.39, 0.29) is 18.1 Å². The molecule has 1 fully saturated rings. The molecule has 0 radical (unpaired) electrons. The zero-order valence-electron chi connectivity index (χ0n) is 11.6. The molecule has 2 rings (SSSR count). The molecule has 0 aromatic carbocycles. The molecule has 19 heavy (non-hydrogen) atoms. The Morgan fingerprint density at radius 2 is 2.16 bits per heavy atom. The van der Waals surface area contributed by atoms with E-state index in [2.05, 4.69) is 29.7 Å². The summed E-state index contributed by atoms with van der Waals surface area (Å²) >= 11 is 0. The number of hydrogen-bond donors (Lipinski definition) is 2. The Bertz CT molecular complexity index is 422. The SMILES string of the molecule is CC(OC(=O)C1CC(C(C)C)NN1)c1ccccn1. The molecule has 1 saturated heterocycles. The van der Waals surface area contributed by atoms with Crippen molar-refractivity contribution in [3.05, 3.63) is 30.1 Å². The van der Waals surface area contributed by atoms with Crippen LogP contribution in [0, 0.1) is 5.92 Å². The first kappa shape index (κ1) is 14.0. The van der Waals surface area contributed by atoms with Crippen molar-refractivity contribution in [2.24, 2.45) is 5.92 Å². The Balaban J connectivity index is 1.88. The quantitative estimate of drug-likeness (QED) is 0.807. The molecule has 1 aliphatic rings. The predicted molar refractivity (Wildman–Crippen MR) is 72.0 cm³/mol. The van der Waals surface area contributed by atoms with E-state index in [0.717, 1.165) is 12.1 Å². The van der Waals surface area contributed by atoms with Gasteiger partial charge in [0.05, 0.1) is 5.69 Å². The number of carbonyl (C=O) groups excluding carboxylic acids is 1. The van der Waals surface area contributed by atoms with Crippen molar-refractivity contribution in [2.45, 2.75) is 45.4 Å². The van der Waals surface area contributed by atoms with Crippen LogP contribution in [0.3, 0.4) is 0 Å². The van der Waals surface area contributed by atoms with Crippen LogP contribution < -0.4 is 10.9 Å². The minimum atomic E-state index is -0.325. The van der Waals surface area contributed by atoms with Gasteiger partial charge in [-0.05, 0) is 31.4 Å². The highest BCUT2D eigenvalue weighted by Crippen LogP contribution is 2.18. The van der Waals surface area contributed by atoms with Gasteiger partial charge in [-0.2, -0.15) is 0 Å². The van der Waals surface area contributed by atoms with Crippen LogP contribution in [0.2, 0.25) is 0 Å². The van der Waals surface area contributed by atoms with Crippen molar-refractivity contribution in [3.63, 3.8) is 0 Å². The number of aromatic nitrogens is 1. The third-order valence-corrected chi connectivity index (χ3v) is 3.42. The molecule has 104 valence electrons. The number of nitrogens with one attached hydrogen (secondary N) is 2. The number of pyridine rings is 1. The largest absolute Gasteiger partial charge is 0.455 e. The third kappa shape index (κ3) is 3.52. The van der Waals surface area contributed by atoms with Crippen LogP contribution in [0.1, 0.15) is 39.0 Å². The minimum absolute atomic E-state index is 0.228. The van der Waals surface area contributed by atoms with Crippen molar-refractivity contribution in [3.8, 4) is 0 Å². The Morgan fingerprint density at radius 3 is 2.74 bits per heavy atom. The fourth-order valence-electron chi connectivity index (χ4n) is 2.11. The molecular weight excluding hydrogens is 242 g/mol. The van der Waals surface area contributed by atoms with Crippen LogP contribution in [-0.4, -0.2) is 23.0 Å². The van der Waals surface area contributed by atoms with Crippen molar-refractivity contribution < 1.29 is 9.53 Å². The van der Waals surface area contributed by atoms with E-state index in [0.29, 0.717) is 12.0 Å². The molecule has 2 heterocycles. The molecule has 0 saturated carbocycles. The maximum absolute atomic E-state index is 12.0. The van der Waals surface area contributed by atoms with Gasteiger partial charge in [0.1, 0.15) is 12.1 Å². The average molecular weight is 263 g/mol. The van der Waals surface area contributed by atoms with Gasteiger partial charge in [0, 0.05) is 12.2 Å². The van der Waals surface area contributed by atoms with E-state index in [1.807, 2.05) is 25.1 Å². The summed E-state index contributed by atoms with van der Waals surface area (Å²) in [5.74, 6) is 0.257. The predicted octanol–water partition coefficient (Wildman–Crippen LogP) is 1.58. The van der Waals surface area contributed by atoms with Gasteiger partial charge in [-0.3, -0.25) is 15.2 Å². The van der Waals surface area contributed by atoms with E-state index >= 15 is 0 Å². The monoisotopic (exact) mass is 263 g/mol. The summed E-state index contributed by atoms with van der Waals surface area (Å²) in [5, 5.41) is 0. The van der Waals surface area contributed by atoms with Crippen molar-refractivity contribution >= 4 is 5.97 Å². The van der Waals surface area contributed by atoms with E-state index in [4.69, 9.17) is 4.74 Å². The summed E-state index contributed by atoms with van der Waals surface area (Å²) in [6, 6.07) is 5.61. The molecule has 3 unspecified atom stereocenters. The van der Waals surface area contributed by atoms with Gasteiger partial charge in [-0.25, -0.2) is 5.43 Å². The molecular formula is C14H21N3O2. The molecule has 5 nitrogen and oxygen atoms in total. The summed E-state index contributed by atoms with van der Waals surface area (Å²) in [4.78, 5) is 16.2. The smallest absolute Gasteiger partial charge is 0.325 e. The number of ether oxygens (including phenoxy) is 1. The van der Waals surface area contributed by atoms with Gasteiger partial charge in [0.15, 0.2) is 0 Å². The molecule has 1 aliphatic heterocycles. The molecule has 1 aromatic rings. The van der Waals surface area contributed by atoms with Gasteiger partial charge in [0.25, 0.3) is 0 Å². The van der Waals surface area contributed by atoms with Crippen molar-refractivity contribution in [1.82, 2.24) is 15.8 Å². The molecule has 0 bridgehead atoms. The third-order valence-electron chi connectivity index (χ3n) is 3.42. The molecule has 0 amide bonds. The van der Waals surface area contributed by atoms with E-state index in [1.165, 1.54) is 0 Å². The van der Waals surface area contributed by atoms with Crippen LogP contribution in [-0.2, 0) is 9.53 Å².